The lowest BCUT2D eigenvalue weighted by Gasteiger charge is -2.20. The van der Waals surface area contributed by atoms with E-state index in [2.05, 4.69) is 30.8 Å². The standard InChI is InChI=1S/C24H21Cl3N6O2S2/c1-12(2)20(30-22(35)16-8-7-15(26)9-17(16)27)21-31-24(33-32-21)37-11-19(34)29-23-28-18(10-36-23)13-3-5-14(25)6-4-13/h3-10,12,20H,11H2,1-2H3,(H,30,35)(H,28,29,34)(H,31,32,33)/t20-/m0/s1. The number of anilines is 1. The monoisotopic (exact) mass is 594 g/mol. The fourth-order valence-electron chi connectivity index (χ4n) is 3.27. The minimum absolute atomic E-state index is 0.00358. The molecule has 2 aromatic heterocycles. The molecule has 0 saturated carbocycles. The number of thioether (sulfide) groups is 1. The Balaban J connectivity index is 1.34. The minimum Gasteiger partial charge on any atom is -0.342 e. The number of halogens is 3. The van der Waals surface area contributed by atoms with Gasteiger partial charge in [-0.3, -0.25) is 14.7 Å². The second-order valence-electron chi connectivity index (χ2n) is 8.20. The zero-order chi connectivity index (χ0) is 26.5. The number of thiazole rings is 1. The van der Waals surface area contributed by atoms with E-state index in [1.165, 1.54) is 29.2 Å². The van der Waals surface area contributed by atoms with Crippen LogP contribution in [0.15, 0.2) is 53.0 Å². The minimum atomic E-state index is -0.448. The second-order valence-corrected chi connectivity index (χ2v) is 11.3. The summed E-state index contributed by atoms with van der Waals surface area (Å²) in [6.45, 7) is 3.90. The molecule has 0 radical (unpaired) electrons. The molecule has 37 heavy (non-hydrogen) atoms. The zero-order valence-corrected chi connectivity index (χ0v) is 23.5. The van der Waals surface area contributed by atoms with Gasteiger partial charge in [0, 0.05) is 21.0 Å². The number of H-pyrrole nitrogens is 1. The molecular formula is C24H21Cl3N6O2S2. The fraction of sp³-hybridized carbons (Fsp3) is 0.208. The average molecular weight is 596 g/mol. The SMILES string of the molecule is CC(C)[C@H](NC(=O)c1ccc(Cl)cc1Cl)c1nc(SCC(=O)Nc2nc(-c3ccc(Cl)cc3)cs2)n[nH]1. The van der Waals surface area contributed by atoms with E-state index in [-0.39, 0.29) is 28.5 Å². The number of carbonyl (C=O) groups is 2. The lowest BCUT2D eigenvalue weighted by Crippen LogP contribution is -2.32. The van der Waals surface area contributed by atoms with Gasteiger partial charge < -0.3 is 10.6 Å². The molecule has 1 atom stereocenters. The summed E-state index contributed by atoms with van der Waals surface area (Å²) in [7, 11) is 0. The van der Waals surface area contributed by atoms with Crippen LogP contribution >= 0.6 is 57.9 Å². The summed E-state index contributed by atoms with van der Waals surface area (Å²) in [6, 6.07) is 11.6. The molecule has 2 aromatic carbocycles. The van der Waals surface area contributed by atoms with Crippen LogP contribution in [-0.4, -0.2) is 37.7 Å². The number of rotatable bonds is 9. The summed E-state index contributed by atoms with van der Waals surface area (Å²) >= 11 is 20.5. The molecule has 4 rings (SSSR count). The Bertz CT molecular complexity index is 1410. The first-order chi connectivity index (χ1) is 17.7. The molecule has 0 spiro atoms. The van der Waals surface area contributed by atoms with Gasteiger partial charge in [-0.25, -0.2) is 9.97 Å². The van der Waals surface area contributed by atoms with E-state index in [4.69, 9.17) is 34.8 Å². The van der Waals surface area contributed by atoms with Gasteiger partial charge in [-0.1, -0.05) is 72.5 Å². The molecule has 0 bridgehead atoms. The molecular weight excluding hydrogens is 575 g/mol. The van der Waals surface area contributed by atoms with Crippen molar-refractivity contribution >= 4 is 74.8 Å². The lowest BCUT2D eigenvalue weighted by molar-refractivity contribution is -0.113. The van der Waals surface area contributed by atoms with E-state index in [1.54, 1.807) is 24.3 Å². The zero-order valence-electron chi connectivity index (χ0n) is 19.6. The molecule has 8 nitrogen and oxygen atoms in total. The number of aromatic amines is 1. The van der Waals surface area contributed by atoms with Crippen LogP contribution in [-0.2, 0) is 4.79 Å². The first-order valence-electron chi connectivity index (χ1n) is 11.0. The van der Waals surface area contributed by atoms with E-state index in [0.717, 1.165) is 11.3 Å². The molecule has 2 amide bonds. The van der Waals surface area contributed by atoms with Gasteiger partial charge in [0.2, 0.25) is 11.1 Å². The summed E-state index contributed by atoms with van der Waals surface area (Å²) in [6.07, 6.45) is 0. The van der Waals surface area contributed by atoms with Crippen molar-refractivity contribution in [2.45, 2.75) is 25.0 Å². The molecule has 2 heterocycles. The van der Waals surface area contributed by atoms with E-state index in [1.807, 2.05) is 31.4 Å². The third kappa shape index (κ3) is 7.24. The first-order valence-corrected chi connectivity index (χ1v) is 14.0. The van der Waals surface area contributed by atoms with Gasteiger partial charge >= 0.3 is 0 Å². The Morgan fingerprint density at radius 2 is 1.78 bits per heavy atom. The van der Waals surface area contributed by atoms with Gasteiger partial charge in [-0.15, -0.1) is 16.4 Å². The molecule has 0 saturated heterocycles. The Morgan fingerprint density at radius 1 is 1.05 bits per heavy atom. The van der Waals surface area contributed by atoms with E-state index >= 15 is 0 Å². The van der Waals surface area contributed by atoms with Gasteiger partial charge in [0.15, 0.2) is 5.13 Å². The number of carbonyl (C=O) groups excluding carboxylic acids is 2. The van der Waals surface area contributed by atoms with Crippen molar-refractivity contribution in [3.8, 4) is 11.3 Å². The maximum Gasteiger partial charge on any atom is 0.253 e. The van der Waals surface area contributed by atoms with E-state index < -0.39 is 6.04 Å². The van der Waals surface area contributed by atoms with Crippen LogP contribution in [0, 0.1) is 5.92 Å². The highest BCUT2D eigenvalue weighted by Crippen LogP contribution is 2.27. The van der Waals surface area contributed by atoms with Crippen LogP contribution in [0.4, 0.5) is 5.13 Å². The third-order valence-corrected chi connectivity index (χ3v) is 7.53. The number of hydrogen-bond acceptors (Lipinski definition) is 7. The average Bonchev–Trinajstić information content (AvgIpc) is 3.51. The van der Waals surface area contributed by atoms with Crippen LogP contribution in [0.3, 0.4) is 0 Å². The van der Waals surface area contributed by atoms with Gasteiger partial charge in [0.05, 0.1) is 28.1 Å². The Labute approximate surface area is 236 Å². The number of amides is 2. The number of hydrogen-bond donors (Lipinski definition) is 3. The molecule has 0 unspecified atom stereocenters. The van der Waals surface area contributed by atoms with Crippen molar-refractivity contribution < 1.29 is 9.59 Å². The molecule has 3 N–H and O–H groups in total. The summed E-state index contributed by atoms with van der Waals surface area (Å²) in [5.74, 6) is -0.0226. The van der Waals surface area contributed by atoms with Gasteiger partial charge in [-0.2, -0.15) is 0 Å². The predicted octanol–water partition coefficient (Wildman–Crippen LogP) is 6.75. The Hall–Kier alpha value is -2.63. The number of aromatic nitrogens is 4. The molecule has 0 aliphatic rings. The van der Waals surface area contributed by atoms with Crippen LogP contribution in [0.2, 0.25) is 15.1 Å². The van der Waals surface area contributed by atoms with Crippen molar-refractivity contribution in [1.82, 2.24) is 25.5 Å². The van der Waals surface area contributed by atoms with Gasteiger partial charge in [0.25, 0.3) is 5.91 Å². The van der Waals surface area contributed by atoms with Gasteiger partial charge in [-0.05, 0) is 36.2 Å². The Morgan fingerprint density at radius 3 is 2.49 bits per heavy atom. The van der Waals surface area contributed by atoms with Crippen LogP contribution < -0.4 is 10.6 Å². The Kier molecular flexibility index (Phi) is 9.09. The van der Waals surface area contributed by atoms with E-state index in [0.29, 0.717) is 31.7 Å². The first kappa shape index (κ1) is 27.4. The van der Waals surface area contributed by atoms with Crippen LogP contribution in [0.25, 0.3) is 11.3 Å². The normalized spacial score (nSPS) is 11.9. The molecule has 0 aliphatic carbocycles. The topological polar surface area (TPSA) is 113 Å². The number of nitrogens with zero attached hydrogens (tertiary/aromatic N) is 3. The molecule has 0 fully saturated rings. The maximum atomic E-state index is 12.8. The third-order valence-electron chi connectivity index (χ3n) is 5.13. The van der Waals surface area contributed by atoms with E-state index in [9.17, 15) is 9.59 Å². The molecule has 13 heteroatoms. The molecule has 192 valence electrons. The van der Waals surface area contributed by atoms with Crippen molar-refractivity contribution in [3.05, 3.63) is 74.3 Å². The molecule has 4 aromatic rings. The highest BCUT2D eigenvalue weighted by atomic mass is 35.5. The van der Waals surface area contributed by atoms with Crippen LogP contribution in [0.5, 0.6) is 0 Å². The summed E-state index contributed by atoms with van der Waals surface area (Å²) < 4.78 is 0. The quantitative estimate of drug-likeness (QED) is 0.185. The number of benzene rings is 2. The van der Waals surface area contributed by atoms with Crippen molar-refractivity contribution in [2.24, 2.45) is 5.92 Å². The second kappa shape index (κ2) is 12.3. The van der Waals surface area contributed by atoms with Crippen molar-refractivity contribution in [1.29, 1.82) is 0 Å². The highest BCUT2D eigenvalue weighted by molar-refractivity contribution is 7.99. The maximum absolute atomic E-state index is 12.8. The summed E-state index contributed by atoms with van der Waals surface area (Å²) in [5, 5.41) is 16.9. The summed E-state index contributed by atoms with van der Waals surface area (Å²) in [5.41, 5.74) is 1.97. The predicted molar refractivity (Wildman–Crippen MR) is 150 cm³/mol. The van der Waals surface area contributed by atoms with Crippen molar-refractivity contribution in [2.75, 3.05) is 11.1 Å². The largest absolute Gasteiger partial charge is 0.342 e. The highest BCUT2D eigenvalue weighted by Gasteiger charge is 2.24. The summed E-state index contributed by atoms with van der Waals surface area (Å²) in [4.78, 5) is 34.2. The number of nitrogens with one attached hydrogen (secondary N) is 3. The lowest BCUT2D eigenvalue weighted by atomic mass is 10.0. The fourth-order valence-corrected chi connectivity index (χ4v) is 5.24. The van der Waals surface area contributed by atoms with Crippen LogP contribution in [0.1, 0.15) is 36.1 Å². The van der Waals surface area contributed by atoms with Gasteiger partial charge in [0.1, 0.15) is 5.82 Å². The molecule has 0 aliphatic heterocycles. The smallest absolute Gasteiger partial charge is 0.253 e. The van der Waals surface area contributed by atoms with Crippen molar-refractivity contribution in [3.63, 3.8) is 0 Å².